The van der Waals surface area contributed by atoms with Gasteiger partial charge in [0.2, 0.25) is 5.91 Å². The van der Waals surface area contributed by atoms with E-state index in [0.717, 1.165) is 24.5 Å². The average Bonchev–Trinajstić information content (AvgIpc) is 2.69. The molecule has 158 valence electrons. The first-order valence-electron chi connectivity index (χ1n) is 9.68. The Hall–Kier alpha value is -1.74. The summed E-state index contributed by atoms with van der Waals surface area (Å²) in [7, 11) is 2.95. The highest BCUT2D eigenvalue weighted by molar-refractivity contribution is 5.78. The van der Waals surface area contributed by atoms with Crippen LogP contribution in [0, 0.1) is 5.92 Å². The van der Waals surface area contributed by atoms with E-state index in [-0.39, 0.29) is 38.6 Å². The lowest BCUT2D eigenvalue weighted by molar-refractivity contribution is -0.180. The highest BCUT2D eigenvalue weighted by Gasteiger charge is 2.25. The van der Waals surface area contributed by atoms with Gasteiger partial charge in [-0.15, -0.1) is 0 Å². The topological polar surface area (TPSA) is 90.3 Å². The lowest BCUT2D eigenvalue weighted by atomic mass is 9.89. The van der Waals surface area contributed by atoms with Gasteiger partial charge in [0.1, 0.15) is 19.3 Å². The highest BCUT2D eigenvalue weighted by atomic mass is 16.7. The first-order chi connectivity index (χ1) is 13.6. The fourth-order valence-electron chi connectivity index (χ4n) is 3.26. The van der Waals surface area contributed by atoms with Crippen molar-refractivity contribution in [1.29, 1.82) is 0 Å². The molecular weight excluding hydrogens is 364 g/mol. The number of methoxy groups -OCH3 is 2. The molecule has 1 aromatic heterocycles. The number of nitrogens with zero attached hydrogens (tertiary/aromatic N) is 2. The third kappa shape index (κ3) is 7.01. The van der Waals surface area contributed by atoms with Crippen LogP contribution in [-0.2, 0) is 25.4 Å². The summed E-state index contributed by atoms with van der Waals surface area (Å²) in [6.45, 7) is 1.85. The van der Waals surface area contributed by atoms with Crippen LogP contribution in [0.15, 0.2) is 18.3 Å². The highest BCUT2D eigenvalue weighted by Crippen LogP contribution is 2.27. The Bertz CT molecular complexity index is 592. The number of rotatable bonds is 11. The van der Waals surface area contributed by atoms with Crippen LogP contribution < -0.4 is 4.74 Å². The maximum atomic E-state index is 12.7. The number of hydrogen-bond donors (Lipinski definition) is 1. The number of aliphatic hydroxyl groups is 1. The molecule has 1 aromatic rings. The third-order valence-corrected chi connectivity index (χ3v) is 4.86. The Balaban J connectivity index is 1.98. The molecule has 0 saturated heterocycles. The Morgan fingerprint density at radius 3 is 2.68 bits per heavy atom. The molecule has 0 spiro atoms. The van der Waals surface area contributed by atoms with E-state index in [0.29, 0.717) is 5.69 Å². The summed E-state index contributed by atoms with van der Waals surface area (Å²) in [4.78, 5) is 18.3. The van der Waals surface area contributed by atoms with Crippen LogP contribution in [0.1, 0.15) is 38.3 Å². The summed E-state index contributed by atoms with van der Waals surface area (Å²) >= 11 is 0. The summed E-state index contributed by atoms with van der Waals surface area (Å²) in [5.41, 5.74) is 0.594. The summed E-state index contributed by atoms with van der Waals surface area (Å²) in [5, 5.41) is 9.54. The molecule has 0 unspecified atom stereocenters. The quantitative estimate of drug-likeness (QED) is 0.572. The Kier molecular flexibility index (Phi) is 9.63. The largest absolute Gasteiger partial charge is 0.490 e. The molecule has 0 aliphatic heterocycles. The maximum Gasteiger partial charge on any atom is 0.232 e. The Morgan fingerprint density at radius 2 is 2.04 bits per heavy atom. The van der Waals surface area contributed by atoms with E-state index < -0.39 is 6.23 Å². The van der Waals surface area contributed by atoms with Gasteiger partial charge in [-0.05, 0) is 37.7 Å². The molecule has 1 atom stereocenters. The summed E-state index contributed by atoms with van der Waals surface area (Å²) in [5.74, 6) is 1.22. The summed E-state index contributed by atoms with van der Waals surface area (Å²) in [6, 6.07) is 3.61. The van der Waals surface area contributed by atoms with Crippen LogP contribution in [0.25, 0.3) is 0 Å². The molecule has 0 aromatic carbocycles. The molecule has 1 fully saturated rings. The fraction of sp³-hybridized carbons (Fsp3) is 0.700. The smallest absolute Gasteiger partial charge is 0.232 e. The maximum absolute atomic E-state index is 12.7. The minimum atomic E-state index is -0.851. The van der Waals surface area contributed by atoms with Crippen LogP contribution in [0.2, 0.25) is 0 Å². The molecule has 1 saturated carbocycles. The second kappa shape index (κ2) is 12.0. The summed E-state index contributed by atoms with van der Waals surface area (Å²) < 4.78 is 21.4. The molecule has 0 radical (unpaired) electrons. The predicted molar refractivity (Wildman–Crippen MR) is 103 cm³/mol. The van der Waals surface area contributed by atoms with Gasteiger partial charge in [0.15, 0.2) is 6.23 Å². The van der Waals surface area contributed by atoms with Crippen LogP contribution in [0.4, 0.5) is 0 Å². The number of hydrogen-bond acceptors (Lipinski definition) is 7. The van der Waals surface area contributed by atoms with E-state index in [1.807, 2.05) is 6.07 Å². The van der Waals surface area contributed by atoms with Gasteiger partial charge in [0.25, 0.3) is 0 Å². The first-order valence-corrected chi connectivity index (χ1v) is 9.68. The predicted octanol–water partition coefficient (Wildman–Crippen LogP) is 1.95. The van der Waals surface area contributed by atoms with Crippen LogP contribution in [0.3, 0.4) is 0 Å². The lowest BCUT2D eigenvalue weighted by Gasteiger charge is -2.29. The van der Waals surface area contributed by atoms with Gasteiger partial charge in [0, 0.05) is 26.5 Å². The third-order valence-electron chi connectivity index (χ3n) is 4.86. The number of carbonyl (C=O) groups excluding carboxylic acids is 1. The van der Waals surface area contributed by atoms with Gasteiger partial charge >= 0.3 is 0 Å². The molecule has 8 heteroatoms. The van der Waals surface area contributed by atoms with Gasteiger partial charge in [-0.1, -0.05) is 6.92 Å². The van der Waals surface area contributed by atoms with E-state index in [2.05, 4.69) is 11.9 Å². The van der Waals surface area contributed by atoms with E-state index in [4.69, 9.17) is 18.9 Å². The minimum absolute atomic E-state index is 0.00970. The van der Waals surface area contributed by atoms with Crippen molar-refractivity contribution in [3.8, 4) is 5.75 Å². The molecule has 1 amide bonds. The van der Waals surface area contributed by atoms with Crippen LogP contribution in [0.5, 0.6) is 5.75 Å². The van der Waals surface area contributed by atoms with Gasteiger partial charge in [-0.2, -0.15) is 0 Å². The summed E-state index contributed by atoms with van der Waals surface area (Å²) in [6.07, 6.45) is 5.52. The van der Waals surface area contributed by atoms with Gasteiger partial charge < -0.3 is 24.1 Å². The Labute approximate surface area is 166 Å². The van der Waals surface area contributed by atoms with Crippen molar-refractivity contribution in [2.75, 3.05) is 34.4 Å². The van der Waals surface area contributed by atoms with Crippen molar-refractivity contribution < 1.29 is 28.8 Å². The van der Waals surface area contributed by atoms with Gasteiger partial charge in [-0.3, -0.25) is 14.7 Å². The molecule has 1 aliphatic carbocycles. The molecular formula is C20H32N2O6. The SMILES string of the molecule is COCO[C@H](CO)N(COC)C(=O)Cc1cc(O[C@H]2CC[C@H](C)CC2)ccn1. The first kappa shape index (κ1) is 22.5. The standard InChI is InChI=1S/C20H32N2O6/c1-15-4-6-17(7-5-15)28-18-8-9-21-16(10-18)11-19(24)22(13-25-2)20(12-23)27-14-26-3/h8-10,15,17,20,23H,4-7,11-14H2,1-3H3/t15-,17-,20-/m1/s1. The number of pyridine rings is 1. The van der Waals surface area contributed by atoms with E-state index in [9.17, 15) is 9.90 Å². The monoisotopic (exact) mass is 396 g/mol. The molecule has 1 aliphatic rings. The van der Waals surface area contributed by atoms with E-state index in [1.165, 1.54) is 32.0 Å². The lowest BCUT2D eigenvalue weighted by Crippen LogP contribution is -2.46. The number of carbonyl (C=O) groups is 1. The molecule has 1 heterocycles. The van der Waals surface area contributed by atoms with Crippen molar-refractivity contribution in [2.45, 2.75) is 51.4 Å². The second-order valence-electron chi connectivity index (χ2n) is 7.15. The van der Waals surface area contributed by atoms with Crippen molar-refractivity contribution in [2.24, 2.45) is 5.92 Å². The Morgan fingerprint density at radius 1 is 1.29 bits per heavy atom. The van der Waals surface area contributed by atoms with E-state index >= 15 is 0 Å². The molecule has 0 bridgehead atoms. The number of ether oxygens (including phenoxy) is 4. The van der Waals surface area contributed by atoms with Crippen molar-refractivity contribution >= 4 is 5.91 Å². The molecule has 2 rings (SSSR count). The van der Waals surface area contributed by atoms with Crippen molar-refractivity contribution in [3.63, 3.8) is 0 Å². The average molecular weight is 396 g/mol. The number of aromatic nitrogens is 1. The second-order valence-corrected chi connectivity index (χ2v) is 7.15. The van der Waals surface area contributed by atoms with Crippen molar-refractivity contribution in [1.82, 2.24) is 9.88 Å². The zero-order valence-corrected chi connectivity index (χ0v) is 17.0. The molecule has 1 N–H and O–H groups in total. The zero-order valence-electron chi connectivity index (χ0n) is 17.0. The van der Waals surface area contributed by atoms with Gasteiger partial charge in [-0.25, -0.2) is 0 Å². The zero-order chi connectivity index (χ0) is 20.4. The normalized spacial score (nSPS) is 20.6. The van der Waals surface area contributed by atoms with Crippen LogP contribution >= 0.6 is 0 Å². The number of aliphatic hydroxyl groups excluding tert-OH is 1. The number of amides is 1. The minimum Gasteiger partial charge on any atom is -0.490 e. The van der Waals surface area contributed by atoms with E-state index in [1.54, 1.807) is 12.3 Å². The molecule has 8 nitrogen and oxygen atoms in total. The molecule has 28 heavy (non-hydrogen) atoms. The van der Waals surface area contributed by atoms with Crippen LogP contribution in [-0.4, -0.2) is 67.6 Å². The van der Waals surface area contributed by atoms with Gasteiger partial charge in [0.05, 0.1) is 24.8 Å². The van der Waals surface area contributed by atoms with Crippen molar-refractivity contribution in [3.05, 3.63) is 24.0 Å². The fourth-order valence-corrected chi connectivity index (χ4v) is 3.26.